The van der Waals surface area contributed by atoms with Gasteiger partial charge in [-0.05, 0) is 52.9 Å². The van der Waals surface area contributed by atoms with Crippen LogP contribution in [0.4, 0.5) is 4.79 Å². The van der Waals surface area contributed by atoms with Crippen molar-refractivity contribution >= 4 is 6.09 Å². The highest BCUT2D eigenvalue weighted by molar-refractivity contribution is 5.69. The summed E-state index contributed by atoms with van der Waals surface area (Å²) in [6.07, 6.45) is 8.14. The molecule has 19 heavy (non-hydrogen) atoms. The Bertz CT molecular complexity index is 306. The first-order valence-corrected chi connectivity index (χ1v) is 7.51. The summed E-state index contributed by atoms with van der Waals surface area (Å²) in [5, 5.41) is 0. The first-order valence-electron chi connectivity index (χ1n) is 7.51. The Morgan fingerprint density at radius 2 is 1.89 bits per heavy atom. The maximum absolute atomic E-state index is 12.4. The van der Waals surface area contributed by atoms with Crippen molar-refractivity contribution in [2.45, 2.75) is 83.9 Å². The Hall–Kier alpha value is -0.990. The van der Waals surface area contributed by atoms with Crippen molar-refractivity contribution in [3.05, 3.63) is 12.7 Å². The third-order valence-electron chi connectivity index (χ3n) is 3.55. The summed E-state index contributed by atoms with van der Waals surface area (Å²) in [6.45, 7) is 11.7. The van der Waals surface area contributed by atoms with E-state index < -0.39 is 5.60 Å². The molecule has 1 saturated heterocycles. The van der Waals surface area contributed by atoms with Crippen LogP contribution in [-0.2, 0) is 4.74 Å². The number of hydrogen-bond donors (Lipinski definition) is 0. The third-order valence-corrected chi connectivity index (χ3v) is 3.55. The Balaban J connectivity index is 2.73. The van der Waals surface area contributed by atoms with Crippen molar-refractivity contribution in [1.29, 1.82) is 0 Å². The number of rotatable bonds is 5. The van der Waals surface area contributed by atoms with Crippen LogP contribution in [0.5, 0.6) is 0 Å². The minimum Gasteiger partial charge on any atom is -0.444 e. The largest absolute Gasteiger partial charge is 0.444 e. The summed E-state index contributed by atoms with van der Waals surface area (Å²) in [7, 11) is 0. The van der Waals surface area contributed by atoms with Gasteiger partial charge in [-0.3, -0.25) is 0 Å². The molecule has 1 rings (SSSR count). The van der Waals surface area contributed by atoms with Gasteiger partial charge in [0.05, 0.1) is 0 Å². The molecule has 1 amide bonds. The van der Waals surface area contributed by atoms with E-state index in [4.69, 9.17) is 4.74 Å². The zero-order valence-electron chi connectivity index (χ0n) is 12.9. The molecule has 1 heterocycles. The van der Waals surface area contributed by atoms with E-state index in [1.807, 2.05) is 31.7 Å². The van der Waals surface area contributed by atoms with Crippen molar-refractivity contribution in [2.24, 2.45) is 0 Å². The van der Waals surface area contributed by atoms with E-state index in [1.165, 1.54) is 0 Å². The van der Waals surface area contributed by atoms with Gasteiger partial charge in [-0.15, -0.1) is 6.58 Å². The fraction of sp³-hybridized carbons (Fsp3) is 0.812. The molecule has 1 fully saturated rings. The minimum absolute atomic E-state index is 0.141. The van der Waals surface area contributed by atoms with Gasteiger partial charge >= 0.3 is 6.09 Å². The van der Waals surface area contributed by atoms with E-state index in [1.54, 1.807) is 0 Å². The molecule has 2 atom stereocenters. The van der Waals surface area contributed by atoms with Gasteiger partial charge in [-0.1, -0.05) is 19.4 Å². The molecule has 3 heteroatoms. The van der Waals surface area contributed by atoms with E-state index in [0.717, 1.165) is 38.5 Å². The van der Waals surface area contributed by atoms with Crippen LogP contribution in [0.3, 0.4) is 0 Å². The van der Waals surface area contributed by atoms with Gasteiger partial charge in [-0.25, -0.2) is 4.79 Å². The average molecular weight is 267 g/mol. The summed E-state index contributed by atoms with van der Waals surface area (Å²) >= 11 is 0. The zero-order chi connectivity index (χ0) is 14.5. The molecule has 1 aliphatic heterocycles. The topological polar surface area (TPSA) is 29.5 Å². The van der Waals surface area contributed by atoms with E-state index in [9.17, 15) is 4.79 Å². The predicted octanol–water partition coefficient (Wildman–Crippen LogP) is 4.52. The summed E-state index contributed by atoms with van der Waals surface area (Å²) in [4.78, 5) is 14.4. The average Bonchev–Trinajstić information content (AvgIpc) is 2.67. The number of carbonyl (C=O) groups is 1. The molecule has 0 radical (unpaired) electrons. The number of amides is 1. The number of allylic oxidation sites excluding steroid dienone is 1. The lowest BCUT2D eigenvalue weighted by atomic mass is 10.1. The summed E-state index contributed by atoms with van der Waals surface area (Å²) < 4.78 is 5.57. The monoisotopic (exact) mass is 267 g/mol. The lowest BCUT2D eigenvalue weighted by Gasteiger charge is -2.32. The van der Waals surface area contributed by atoms with E-state index in [2.05, 4.69) is 13.5 Å². The molecule has 0 bridgehead atoms. The fourth-order valence-electron chi connectivity index (χ4n) is 2.78. The lowest BCUT2D eigenvalue weighted by molar-refractivity contribution is 0.0132. The van der Waals surface area contributed by atoms with E-state index in [-0.39, 0.29) is 6.09 Å². The highest BCUT2D eigenvalue weighted by Crippen LogP contribution is 2.31. The maximum Gasteiger partial charge on any atom is 0.410 e. The number of ether oxygens (including phenoxy) is 1. The predicted molar refractivity (Wildman–Crippen MR) is 79.2 cm³/mol. The van der Waals surface area contributed by atoms with Crippen LogP contribution >= 0.6 is 0 Å². The Labute approximate surface area is 118 Å². The van der Waals surface area contributed by atoms with Crippen LogP contribution in [0.2, 0.25) is 0 Å². The second-order valence-corrected chi connectivity index (χ2v) is 6.43. The molecule has 110 valence electrons. The Morgan fingerprint density at radius 3 is 2.37 bits per heavy atom. The van der Waals surface area contributed by atoms with Crippen LogP contribution < -0.4 is 0 Å². The highest BCUT2D eigenvalue weighted by Gasteiger charge is 2.38. The van der Waals surface area contributed by atoms with Gasteiger partial charge in [0.25, 0.3) is 0 Å². The summed E-state index contributed by atoms with van der Waals surface area (Å²) in [5.41, 5.74) is -0.417. The molecule has 0 saturated carbocycles. The third kappa shape index (κ3) is 4.88. The molecular formula is C16H29NO2. The van der Waals surface area contributed by atoms with Gasteiger partial charge in [0.15, 0.2) is 0 Å². The van der Waals surface area contributed by atoms with Gasteiger partial charge in [-0.2, -0.15) is 0 Å². The zero-order valence-corrected chi connectivity index (χ0v) is 12.9. The van der Waals surface area contributed by atoms with Crippen molar-refractivity contribution in [3.63, 3.8) is 0 Å². The molecule has 0 aromatic rings. The van der Waals surface area contributed by atoms with Crippen molar-refractivity contribution in [2.75, 3.05) is 0 Å². The van der Waals surface area contributed by atoms with Gasteiger partial charge in [0.1, 0.15) is 5.60 Å². The summed E-state index contributed by atoms with van der Waals surface area (Å²) in [5.74, 6) is 0. The number of likely N-dealkylation sites (tertiary alicyclic amines) is 1. The van der Waals surface area contributed by atoms with Crippen molar-refractivity contribution in [3.8, 4) is 0 Å². The van der Waals surface area contributed by atoms with Crippen LogP contribution in [0.25, 0.3) is 0 Å². The van der Waals surface area contributed by atoms with Crippen LogP contribution in [0, 0.1) is 0 Å². The second kappa shape index (κ2) is 6.97. The first kappa shape index (κ1) is 16.1. The lowest BCUT2D eigenvalue weighted by Crippen LogP contribution is -2.44. The number of carbonyl (C=O) groups excluding carboxylic acids is 1. The maximum atomic E-state index is 12.4. The molecule has 0 aliphatic carbocycles. The van der Waals surface area contributed by atoms with Gasteiger partial charge in [0.2, 0.25) is 0 Å². The van der Waals surface area contributed by atoms with E-state index >= 15 is 0 Å². The SMILES string of the molecule is C=CCC[C@H]1CC[C@@H](CCC)N1C(=O)OC(C)(C)C. The van der Waals surface area contributed by atoms with Crippen LogP contribution in [-0.4, -0.2) is 28.7 Å². The highest BCUT2D eigenvalue weighted by atomic mass is 16.6. The van der Waals surface area contributed by atoms with Crippen LogP contribution in [0.15, 0.2) is 12.7 Å². The first-order chi connectivity index (χ1) is 8.89. The van der Waals surface area contributed by atoms with Crippen molar-refractivity contribution < 1.29 is 9.53 Å². The molecule has 3 nitrogen and oxygen atoms in total. The second-order valence-electron chi connectivity index (χ2n) is 6.43. The molecular weight excluding hydrogens is 238 g/mol. The van der Waals surface area contributed by atoms with Gasteiger partial charge < -0.3 is 9.64 Å². The van der Waals surface area contributed by atoms with Gasteiger partial charge in [0, 0.05) is 12.1 Å². The molecule has 0 spiro atoms. The quantitative estimate of drug-likeness (QED) is 0.685. The molecule has 0 unspecified atom stereocenters. The molecule has 1 aliphatic rings. The van der Waals surface area contributed by atoms with E-state index in [0.29, 0.717) is 12.1 Å². The fourth-order valence-corrected chi connectivity index (χ4v) is 2.78. The Kier molecular flexibility index (Phi) is 5.89. The molecule has 0 aromatic heterocycles. The number of hydrogen-bond acceptors (Lipinski definition) is 2. The van der Waals surface area contributed by atoms with Crippen molar-refractivity contribution in [1.82, 2.24) is 4.90 Å². The Morgan fingerprint density at radius 1 is 1.32 bits per heavy atom. The number of nitrogens with zero attached hydrogens (tertiary/aromatic N) is 1. The smallest absolute Gasteiger partial charge is 0.410 e. The standard InChI is InChI=1S/C16H29NO2/c1-6-8-10-14-12-11-13(9-7-2)17(14)15(18)19-16(3,4)5/h6,13-14H,1,7-12H2,2-5H3/t13-,14+/m1/s1. The minimum atomic E-state index is -0.417. The summed E-state index contributed by atoms with van der Waals surface area (Å²) in [6, 6.07) is 0.680. The van der Waals surface area contributed by atoms with Crippen LogP contribution in [0.1, 0.15) is 66.2 Å². The normalized spacial score (nSPS) is 23.5. The molecule has 0 aromatic carbocycles. The molecule has 0 N–H and O–H groups in total.